The fourth-order valence-corrected chi connectivity index (χ4v) is 5.67. The van der Waals surface area contributed by atoms with Crippen molar-refractivity contribution in [3.05, 3.63) is 72.3 Å². The first-order valence-electron chi connectivity index (χ1n) is 13.5. The van der Waals surface area contributed by atoms with E-state index in [0.29, 0.717) is 0 Å². The maximum absolute atomic E-state index is 13.8. The summed E-state index contributed by atoms with van der Waals surface area (Å²) < 4.78 is 26.6. The molecular weight excluding hydrogens is 549 g/mol. The third kappa shape index (κ3) is 4.96. The van der Waals surface area contributed by atoms with Crippen molar-refractivity contribution in [2.24, 2.45) is 0 Å². The Bertz CT molecular complexity index is 1650. The van der Waals surface area contributed by atoms with Gasteiger partial charge in [0.2, 0.25) is 11.9 Å². The van der Waals surface area contributed by atoms with Gasteiger partial charge in [0.1, 0.15) is 24.1 Å². The third-order valence-electron chi connectivity index (χ3n) is 7.70. The van der Waals surface area contributed by atoms with Gasteiger partial charge in [-0.2, -0.15) is 5.10 Å². The number of carboxylic acid groups (broad SMARTS) is 1. The second kappa shape index (κ2) is 11.3. The molecular formula is C30H32FN3O8. The summed E-state index contributed by atoms with van der Waals surface area (Å²) in [6.45, 7) is 7.48. The number of carbonyl (C=O) groups excluding carboxylic acids is 1. The standard InChI is InChI=1S/C30H32FN3O8/c1-4-11-30(29(39)40)27(38)25(36)26(37)28(42-30)41-23(35)10-9-19-20-13-21-16(14-32-33-21)12-22(20)34(24(19)15(2)3)18-7-5-17(31)6-8-18/h4-8,12-15,25-28,36-38H,1,9-11H2,2-3H3,(H,32,33)(H,39,40)/t25-,26-,27+,28?,30+/m1/s1. The van der Waals surface area contributed by atoms with Gasteiger partial charge in [0.05, 0.1) is 17.2 Å². The van der Waals surface area contributed by atoms with E-state index in [1.54, 1.807) is 18.3 Å². The Morgan fingerprint density at radius 3 is 2.57 bits per heavy atom. The van der Waals surface area contributed by atoms with Crippen LogP contribution in [0.15, 0.2) is 55.3 Å². The number of fused-ring (bicyclic) bond motifs is 2. The minimum absolute atomic E-state index is 0.0137. The van der Waals surface area contributed by atoms with E-state index in [-0.39, 0.29) is 24.6 Å². The van der Waals surface area contributed by atoms with Crippen LogP contribution in [-0.4, -0.2) is 77.3 Å². The van der Waals surface area contributed by atoms with Crippen LogP contribution in [-0.2, 0) is 25.5 Å². The predicted molar refractivity (Wildman–Crippen MR) is 149 cm³/mol. The van der Waals surface area contributed by atoms with Gasteiger partial charge in [-0.25, -0.2) is 9.18 Å². The fraction of sp³-hybridized carbons (Fsp3) is 0.367. The largest absolute Gasteiger partial charge is 0.479 e. The first-order chi connectivity index (χ1) is 20.0. The fourth-order valence-electron chi connectivity index (χ4n) is 5.67. The van der Waals surface area contributed by atoms with Crippen molar-refractivity contribution in [3.63, 3.8) is 0 Å². The van der Waals surface area contributed by atoms with Gasteiger partial charge >= 0.3 is 11.9 Å². The lowest BCUT2D eigenvalue weighted by molar-refractivity contribution is -0.317. The maximum atomic E-state index is 13.8. The number of hydrogen-bond acceptors (Lipinski definition) is 8. The number of ether oxygens (including phenoxy) is 2. The molecule has 12 heteroatoms. The van der Waals surface area contributed by atoms with Gasteiger partial charge in [-0.15, -0.1) is 6.58 Å². The number of nitrogens with zero attached hydrogens (tertiary/aromatic N) is 2. The van der Waals surface area contributed by atoms with Crippen molar-refractivity contribution in [3.8, 4) is 5.69 Å². The lowest BCUT2D eigenvalue weighted by Crippen LogP contribution is -2.67. The number of aromatic nitrogens is 3. The molecule has 0 amide bonds. The molecule has 0 aliphatic carbocycles. The lowest BCUT2D eigenvalue weighted by Gasteiger charge is -2.45. The summed E-state index contributed by atoms with van der Waals surface area (Å²) in [5.41, 5.74) is 1.73. The Balaban J connectivity index is 1.48. The van der Waals surface area contributed by atoms with Crippen LogP contribution in [0.25, 0.3) is 27.5 Å². The second-order valence-corrected chi connectivity index (χ2v) is 10.7. The van der Waals surface area contributed by atoms with Gasteiger partial charge in [-0.3, -0.25) is 9.89 Å². The number of carbonyl (C=O) groups is 2. The minimum atomic E-state index is -2.37. The van der Waals surface area contributed by atoms with Crippen molar-refractivity contribution in [1.82, 2.24) is 14.8 Å². The molecule has 1 aliphatic rings. The van der Waals surface area contributed by atoms with Crippen LogP contribution < -0.4 is 0 Å². The molecule has 42 heavy (non-hydrogen) atoms. The summed E-state index contributed by atoms with van der Waals surface area (Å²) in [5.74, 6) is -2.81. The number of benzene rings is 2. The van der Waals surface area contributed by atoms with Crippen molar-refractivity contribution >= 4 is 33.7 Å². The highest BCUT2D eigenvalue weighted by atomic mass is 19.1. The number of halogens is 1. The zero-order valence-corrected chi connectivity index (χ0v) is 23.0. The molecule has 5 rings (SSSR count). The molecule has 3 heterocycles. The average Bonchev–Trinajstić information content (AvgIpc) is 3.54. The number of esters is 1. The molecule has 11 nitrogen and oxygen atoms in total. The van der Waals surface area contributed by atoms with Crippen LogP contribution in [0.3, 0.4) is 0 Å². The van der Waals surface area contributed by atoms with Crippen molar-refractivity contribution in [1.29, 1.82) is 0 Å². The summed E-state index contributed by atoms with van der Waals surface area (Å²) in [5, 5.41) is 49.7. The second-order valence-electron chi connectivity index (χ2n) is 10.7. The number of nitrogens with one attached hydrogen (secondary N) is 1. The number of aryl methyl sites for hydroxylation is 1. The van der Waals surface area contributed by atoms with E-state index >= 15 is 0 Å². The summed E-state index contributed by atoms with van der Waals surface area (Å²) in [7, 11) is 0. The molecule has 0 radical (unpaired) electrons. The number of aliphatic hydroxyl groups is 3. The molecule has 0 bridgehead atoms. The number of rotatable bonds is 9. The van der Waals surface area contributed by atoms with E-state index < -0.39 is 48.6 Å². The zero-order chi connectivity index (χ0) is 30.3. The highest BCUT2D eigenvalue weighted by molar-refractivity contribution is 5.98. The third-order valence-corrected chi connectivity index (χ3v) is 7.70. The van der Waals surface area contributed by atoms with Gasteiger partial charge in [-0.05, 0) is 54.3 Å². The maximum Gasteiger partial charge on any atom is 0.339 e. The van der Waals surface area contributed by atoms with E-state index in [1.807, 2.05) is 30.5 Å². The molecule has 2 aromatic heterocycles. The van der Waals surface area contributed by atoms with Crippen LogP contribution in [0.2, 0.25) is 0 Å². The molecule has 0 spiro atoms. The van der Waals surface area contributed by atoms with Gasteiger partial charge in [-0.1, -0.05) is 19.9 Å². The molecule has 1 aliphatic heterocycles. The van der Waals surface area contributed by atoms with E-state index in [1.165, 1.54) is 18.2 Å². The predicted octanol–water partition coefficient (Wildman–Crippen LogP) is 3.08. The van der Waals surface area contributed by atoms with Crippen LogP contribution in [0.5, 0.6) is 0 Å². The first-order valence-corrected chi connectivity index (χ1v) is 13.5. The van der Waals surface area contributed by atoms with E-state index in [9.17, 15) is 34.4 Å². The molecule has 5 N–H and O–H groups in total. The van der Waals surface area contributed by atoms with Crippen molar-refractivity contribution in [2.45, 2.75) is 69.2 Å². The molecule has 2 aromatic carbocycles. The van der Waals surface area contributed by atoms with E-state index in [0.717, 1.165) is 38.8 Å². The number of aliphatic carboxylic acids is 1. The molecule has 4 aromatic rings. The Kier molecular flexibility index (Phi) is 7.90. The van der Waals surface area contributed by atoms with Gasteiger partial charge < -0.3 is 34.5 Å². The van der Waals surface area contributed by atoms with Crippen LogP contribution in [0.1, 0.15) is 43.9 Å². The number of aromatic amines is 1. The summed E-state index contributed by atoms with van der Waals surface area (Å²) >= 11 is 0. The molecule has 0 saturated carbocycles. The van der Waals surface area contributed by atoms with Gasteiger partial charge in [0.15, 0.2) is 0 Å². The van der Waals surface area contributed by atoms with Crippen LogP contribution >= 0.6 is 0 Å². The van der Waals surface area contributed by atoms with Gasteiger partial charge in [0.25, 0.3) is 0 Å². The number of hydrogen-bond donors (Lipinski definition) is 5. The summed E-state index contributed by atoms with van der Waals surface area (Å²) in [6, 6.07) is 10.0. The normalized spacial score (nSPS) is 24.4. The Labute approximate surface area is 239 Å². The summed E-state index contributed by atoms with van der Waals surface area (Å²) in [6.07, 6.45) is -5.20. The van der Waals surface area contributed by atoms with Crippen molar-refractivity contribution in [2.75, 3.05) is 0 Å². The summed E-state index contributed by atoms with van der Waals surface area (Å²) in [4.78, 5) is 25.1. The topological polar surface area (TPSA) is 167 Å². The minimum Gasteiger partial charge on any atom is -0.479 e. The van der Waals surface area contributed by atoms with Crippen molar-refractivity contribution < 1.29 is 43.9 Å². The number of carboxylic acids is 1. The van der Waals surface area contributed by atoms with Crippen LogP contribution in [0.4, 0.5) is 4.39 Å². The highest BCUT2D eigenvalue weighted by Gasteiger charge is 2.58. The molecule has 1 saturated heterocycles. The Hall–Kier alpha value is -4.10. The highest BCUT2D eigenvalue weighted by Crippen LogP contribution is 2.38. The molecule has 1 unspecified atom stereocenters. The molecule has 5 atom stereocenters. The lowest BCUT2D eigenvalue weighted by atomic mass is 9.84. The van der Waals surface area contributed by atoms with Gasteiger partial charge in [0, 0.05) is 35.0 Å². The molecule has 1 fully saturated rings. The Morgan fingerprint density at radius 1 is 1.21 bits per heavy atom. The van der Waals surface area contributed by atoms with E-state index in [2.05, 4.69) is 16.8 Å². The Morgan fingerprint density at radius 2 is 1.93 bits per heavy atom. The SMILES string of the molecule is C=CC[C@]1(C(=O)O)OC(OC(=O)CCc2c(C(C)C)n(-c3ccc(F)cc3)c3cc4cn[nH]c4cc23)[C@H](O)[C@@H](O)[C@@H]1O. The number of aliphatic hydroxyl groups excluding tert-OH is 3. The van der Waals surface area contributed by atoms with E-state index in [4.69, 9.17) is 9.47 Å². The quantitative estimate of drug-likeness (QED) is 0.147. The van der Waals surface area contributed by atoms with Crippen LogP contribution in [0, 0.1) is 5.82 Å². The number of H-pyrrole nitrogens is 1. The zero-order valence-electron chi connectivity index (χ0n) is 23.0. The first kappa shape index (κ1) is 29.4. The monoisotopic (exact) mass is 581 g/mol. The smallest absolute Gasteiger partial charge is 0.339 e. The average molecular weight is 582 g/mol. The molecule has 222 valence electrons.